The Balaban J connectivity index is 2.04. The Morgan fingerprint density at radius 3 is 2.56 bits per heavy atom. The van der Waals surface area contributed by atoms with Crippen molar-refractivity contribution >= 4 is 29.1 Å². The Bertz CT molecular complexity index is 798. The number of alkyl halides is 3. The van der Waals surface area contributed by atoms with Crippen LogP contribution in [-0.4, -0.2) is 21.7 Å². The predicted octanol–water partition coefficient (Wildman–Crippen LogP) is 4.87. The summed E-state index contributed by atoms with van der Waals surface area (Å²) in [5.41, 5.74) is -1.75. The number of aromatic nitrogens is 2. The van der Waals surface area contributed by atoms with E-state index in [0.29, 0.717) is 4.68 Å². The normalized spacial score (nSPS) is 15.6. The second kappa shape index (κ2) is 6.88. The van der Waals surface area contributed by atoms with Crippen molar-refractivity contribution in [2.45, 2.75) is 37.9 Å². The minimum Gasteiger partial charge on any atom is -0.349 e. The fraction of sp³-hybridized carbons (Fsp3) is 0.375. The Hall–Kier alpha value is -1.73. The van der Waals surface area contributed by atoms with Crippen LogP contribution in [-0.2, 0) is 6.18 Å². The molecule has 0 radical (unpaired) electrons. The van der Waals surface area contributed by atoms with E-state index in [1.54, 1.807) is 0 Å². The number of amides is 1. The van der Waals surface area contributed by atoms with Crippen LogP contribution in [0.25, 0.3) is 5.69 Å². The summed E-state index contributed by atoms with van der Waals surface area (Å²) in [6.45, 7) is 0. The Morgan fingerprint density at radius 2 is 1.92 bits per heavy atom. The molecule has 1 aromatic heterocycles. The maximum Gasteiger partial charge on any atom is 0.434 e. The number of nitrogens with one attached hydrogen (secondary N) is 1. The van der Waals surface area contributed by atoms with Crippen LogP contribution >= 0.6 is 23.2 Å². The quantitative estimate of drug-likeness (QED) is 0.810. The van der Waals surface area contributed by atoms with Crippen molar-refractivity contribution in [1.29, 1.82) is 0 Å². The van der Waals surface area contributed by atoms with Crippen LogP contribution in [0.3, 0.4) is 0 Å². The van der Waals surface area contributed by atoms with E-state index in [-0.39, 0.29) is 21.8 Å². The summed E-state index contributed by atoms with van der Waals surface area (Å²) in [6.07, 6.45) is -0.444. The summed E-state index contributed by atoms with van der Waals surface area (Å²) in [5.74, 6) is -0.788. The van der Waals surface area contributed by atoms with E-state index in [2.05, 4.69) is 10.4 Å². The highest BCUT2D eigenvalue weighted by Gasteiger charge is 2.41. The molecule has 0 spiro atoms. The first-order valence-electron chi connectivity index (χ1n) is 7.69. The highest BCUT2D eigenvalue weighted by molar-refractivity contribution is 6.34. The van der Waals surface area contributed by atoms with Gasteiger partial charge >= 0.3 is 6.18 Å². The molecule has 2 aromatic rings. The lowest BCUT2D eigenvalue weighted by atomic mass is 10.2. The molecule has 4 nitrogen and oxygen atoms in total. The largest absolute Gasteiger partial charge is 0.434 e. The second-order valence-corrected chi connectivity index (χ2v) is 6.71. The summed E-state index contributed by atoms with van der Waals surface area (Å²) in [4.78, 5) is 12.3. The van der Waals surface area contributed by atoms with Crippen molar-refractivity contribution < 1.29 is 18.0 Å². The van der Waals surface area contributed by atoms with Crippen LogP contribution in [0.5, 0.6) is 0 Å². The molecule has 1 fully saturated rings. The zero-order chi connectivity index (χ0) is 18.2. The first-order valence-corrected chi connectivity index (χ1v) is 8.44. The number of hydrogen-bond acceptors (Lipinski definition) is 2. The second-order valence-electron chi connectivity index (χ2n) is 5.87. The number of hydrogen-bond donors (Lipinski definition) is 1. The van der Waals surface area contributed by atoms with Crippen LogP contribution in [0.1, 0.15) is 41.7 Å². The first-order chi connectivity index (χ1) is 11.8. The molecule has 0 bridgehead atoms. The minimum absolute atomic E-state index is 0.0404. The summed E-state index contributed by atoms with van der Waals surface area (Å²) in [5, 5.41) is 6.64. The van der Waals surface area contributed by atoms with Gasteiger partial charge in [0, 0.05) is 11.1 Å². The number of nitrogens with zero attached hydrogens (tertiary/aromatic N) is 2. The third-order valence-electron chi connectivity index (χ3n) is 4.11. The molecule has 1 heterocycles. The lowest BCUT2D eigenvalue weighted by molar-refractivity contribution is -0.143. The van der Waals surface area contributed by atoms with Crippen molar-refractivity contribution in [3.05, 3.63) is 45.7 Å². The van der Waals surface area contributed by atoms with E-state index < -0.39 is 23.3 Å². The van der Waals surface area contributed by atoms with E-state index in [1.807, 2.05) is 0 Å². The number of rotatable bonds is 3. The molecule has 1 N–H and O–H groups in total. The number of carbonyl (C=O) groups is 1. The summed E-state index contributed by atoms with van der Waals surface area (Å²) < 4.78 is 41.5. The van der Waals surface area contributed by atoms with Crippen LogP contribution in [0.4, 0.5) is 13.2 Å². The molecule has 1 aromatic carbocycles. The third kappa shape index (κ3) is 3.77. The maximum absolute atomic E-state index is 13.6. The van der Waals surface area contributed by atoms with Gasteiger partial charge in [-0.25, -0.2) is 4.68 Å². The van der Waals surface area contributed by atoms with E-state index in [4.69, 9.17) is 23.2 Å². The van der Waals surface area contributed by atoms with Crippen molar-refractivity contribution in [2.75, 3.05) is 0 Å². The number of halogens is 5. The van der Waals surface area contributed by atoms with Crippen LogP contribution < -0.4 is 5.32 Å². The summed E-state index contributed by atoms with van der Waals surface area (Å²) in [6, 6.07) is 3.99. The molecule has 1 saturated carbocycles. The zero-order valence-electron chi connectivity index (χ0n) is 12.9. The summed E-state index contributed by atoms with van der Waals surface area (Å²) >= 11 is 11.8. The highest BCUT2D eigenvalue weighted by Crippen LogP contribution is 2.36. The van der Waals surface area contributed by atoms with Gasteiger partial charge in [-0.05, 0) is 31.0 Å². The van der Waals surface area contributed by atoms with Crippen LogP contribution in [0.2, 0.25) is 10.0 Å². The van der Waals surface area contributed by atoms with Gasteiger partial charge in [-0.2, -0.15) is 18.3 Å². The van der Waals surface area contributed by atoms with E-state index in [1.165, 1.54) is 18.2 Å². The van der Waals surface area contributed by atoms with E-state index in [0.717, 1.165) is 31.9 Å². The molecule has 134 valence electrons. The Kier molecular flexibility index (Phi) is 4.97. The van der Waals surface area contributed by atoms with Gasteiger partial charge in [0.1, 0.15) is 0 Å². The van der Waals surface area contributed by atoms with Crippen molar-refractivity contribution in [1.82, 2.24) is 15.1 Å². The average molecular weight is 392 g/mol. The lowest BCUT2D eigenvalue weighted by Gasteiger charge is -2.15. The molecule has 1 aliphatic carbocycles. The number of benzene rings is 1. The first kappa shape index (κ1) is 18.1. The fourth-order valence-electron chi connectivity index (χ4n) is 2.95. The van der Waals surface area contributed by atoms with Crippen molar-refractivity contribution in [3.63, 3.8) is 0 Å². The van der Waals surface area contributed by atoms with E-state index >= 15 is 0 Å². The van der Waals surface area contributed by atoms with Crippen LogP contribution in [0.15, 0.2) is 24.4 Å². The molecule has 0 unspecified atom stereocenters. The van der Waals surface area contributed by atoms with Crippen molar-refractivity contribution in [3.8, 4) is 5.69 Å². The van der Waals surface area contributed by atoms with Gasteiger partial charge in [0.05, 0.1) is 22.5 Å². The molecule has 25 heavy (non-hydrogen) atoms. The van der Waals surface area contributed by atoms with Gasteiger partial charge in [0.15, 0.2) is 5.69 Å². The highest BCUT2D eigenvalue weighted by atomic mass is 35.5. The van der Waals surface area contributed by atoms with Gasteiger partial charge < -0.3 is 5.32 Å². The van der Waals surface area contributed by atoms with Gasteiger partial charge in [0.25, 0.3) is 5.91 Å². The fourth-order valence-corrected chi connectivity index (χ4v) is 3.32. The zero-order valence-corrected chi connectivity index (χ0v) is 14.4. The molecule has 0 saturated heterocycles. The molecule has 3 rings (SSSR count). The third-order valence-corrected chi connectivity index (χ3v) is 4.66. The van der Waals surface area contributed by atoms with Crippen molar-refractivity contribution in [2.24, 2.45) is 0 Å². The topological polar surface area (TPSA) is 46.9 Å². The minimum atomic E-state index is -4.79. The predicted molar refractivity (Wildman–Crippen MR) is 88.3 cm³/mol. The molecule has 0 atom stereocenters. The molecule has 9 heteroatoms. The maximum atomic E-state index is 13.6. The SMILES string of the molecule is O=C(NC1CCCC1)c1cnn(-c2cc(Cl)ccc2Cl)c1C(F)(F)F. The molecule has 0 aliphatic heterocycles. The Labute approximate surface area is 151 Å². The van der Waals surface area contributed by atoms with Crippen LogP contribution in [0, 0.1) is 0 Å². The van der Waals surface area contributed by atoms with Gasteiger partial charge in [-0.3, -0.25) is 4.79 Å². The average Bonchev–Trinajstić information content (AvgIpc) is 3.18. The Morgan fingerprint density at radius 1 is 1.24 bits per heavy atom. The van der Waals surface area contributed by atoms with E-state index in [9.17, 15) is 18.0 Å². The molecular formula is C16H14Cl2F3N3O. The van der Waals surface area contributed by atoms with Gasteiger partial charge in [-0.15, -0.1) is 0 Å². The molecule has 1 aliphatic rings. The number of carbonyl (C=O) groups excluding carboxylic acids is 1. The molecular weight excluding hydrogens is 378 g/mol. The van der Waals surface area contributed by atoms with Gasteiger partial charge in [0.2, 0.25) is 0 Å². The lowest BCUT2D eigenvalue weighted by Crippen LogP contribution is -2.34. The smallest absolute Gasteiger partial charge is 0.349 e. The molecule has 1 amide bonds. The summed E-state index contributed by atoms with van der Waals surface area (Å²) in [7, 11) is 0. The van der Waals surface area contributed by atoms with Gasteiger partial charge in [-0.1, -0.05) is 36.0 Å². The standard InChI is InChI=1S/C16H14Cl2F3N3O/c17-9-5-6-12(18)13(7-9)24-14(16(19,20)21)11(8-22-24)15(25)23-10-3-1-2-4-10/h5-8,10H,1-4H2,(H,23,25). The monoisotopic (exact) mass is 391 g/mol.